The van der Waals surface area contributed by atoms with E-state index in [1.165, 1.54) is 167 Å². The van der Waals surface area contributed by atoms with Crippen molar-refractivity contribution in [3.63, 3.8) is 0 Å². The second-order valence-electron chi connectivity index (χ2n) is 14.2. The van der Waals surface area contributed by atoms with Gasteiger partial charge >= 0.3 is 0 Å². The van der Waals surface area contributed by atoms with Crippen LogP contribution < -0.4 is 0 Å². The van der Waals surface area contributed by atoms with E-state index in [4.69, 9.17) is 4.84 Å². The zero-order valence-electron chi connectivity index (χ0n) is 27.5. The highest BCUT2D eigenvalue weighted by molar-refractivity contribution is 4.92. The lowest BCUT2D eigenvalue weighted by molar-refractivity contribution is -0.281. The molecular weight excluding hydrogens is 462 g/mol. The van der Waals surface area contributed by atoms with Gasteiger partial charge in [-0.25, -0.2) is 0 Å². The summed E-state index contributed by atoms with van der Waals surface area (Å²) in [6.07, 6.45) is 36.8. The molecule has 0 spiro atoms. The predicted octanol–water partition coefficient (Wildman–Crippen LogP) is 12.6. The van der Waals surface area contributed by atoms with Crippen LogP contribution in [0.1, 0.15) is 208 Å². The second-order valence-corrected chi connectivity index (χ2v) is 14.2. The standard InChI is InChI=1S/C36H73NO/c1-7-9-11-12-13-14-15-16-17-18-19-20-21-22-23-25-29-34(28-24-10-8-2)30-26-33-38-37-35(3,4)31-27-32-36(37,5)6/h34H,7-33H2,1-6H3. The van der Waals surface area contributed by atoms with Crippen LogP contribution in [-0.4, -0.2) is 22.7 Å². The van der Waals surface area contributed by atoms with Crippen molar-refractivity contribution in [1.29, 1.82) is 0 Å². The largest absolute Gasteiger partial charge is 0.298 e. The molecule has 38 heavy (non-hydrogen) atoms. The fourth-order valence-corrected chi connectivity index (χ4v) is 6.95. The summed E-state index contributed by atoms with van der Waals surface area (Å²) in [6, 6.07) is 0. The molecule has 0 aliphatic carbocycles. The van der Waals surface area contributed by atoms with Crippen LogP contribution >= 0.6 is 0 Å². The molecule has 0 aromatic heterocycles. The number of piperidine rings is 1. The Morgan fingerprint density at radius 2 is 0.842 bits per heavy atom. The molecule has 1 rings (SSSR count). The quantitative estimate of drug-likeness (QED) is 0.102. The molecule has 1 fully saturated rings. The van der Waals surface area contributed by atoms with E-state index < -0.39 is 0 Å². The lowest BCUT2D eigenvalue weighted by atomic mass is 9.82. The molecule has 0 saturated carbocycles. The number of nitrogens with zero attached hydrogens (tertiary/aromatic N) is 1. The Balaban J connectivity index is 2.08. The molecule has 0 amide bonds. The average molecular weight is 536 g/mol. The van der Waals surface area contributed by atoms with Gasteiger partial charge in [-0.1, -0.05) is 149 Å². The molecule has 0 N–H and O–H groups in total. The molecule has 0 aromatic rings. The van der Waals surface area contributed by atoms with Crippen LogP contribution in [-0.2, 0) is 4.84 Å². The topological polar surface area (TPSA) is 12.5 Å². The van der Waals surface area contributed by atoms with E-state index >= 15 is 0 Å². The summed E-state index contributed by atoms with van der Waals surface area (Å²) in [6.45, 7) is 15.0. The summed E-state index contributed by atoms with van der Waals surface area (Å²) in [5.41, 5.74) is 0.325. The average Bonchev–Trinajstić information content (AvgIpc) is 2.86. The maximum absolute atomic E-state index is 6.46. The Morgan fingerprint density at radius 1 is 0.500 bits per heavy atom. The van der Waals surface area contributed by atoms with Crippen molar-refractivity contribution in [3.8, 4) is 0 Å². The molecule has 1 saturated heterocycles. The van der Waals surface area contributed by atoms with Gasteiger partial charge in [0, 0.05) is 11.1 Å². The van der Waals surface area contributed by atoms with Crippen LogP contribution in [0.3, 0.4) is 0 Å². The molecule has 228 valence electrons. The molecule has 1 atom stereocenters. The maximum atomic E-state index is 6.46. The minimum absolute atomic E-state index is 0.163. The highest BCUT2D eigenvalue weighted by Crippen LogP contribution is 2.38. The van der Waals surface area contributed by atoms with E-state index in [9.17, 15) is 0 Å². The summed E-state index contributed by atoms with van der Waals surface area (Å²) in [5.74, 6) is 0.916. The van der Waals surface area contributed by atoms with Crippen molar-refractivity contribution in [1.82, 2.24) is 5.06 Å². The van der Waals surface area contributed by atoms with Gasteiger partial charge in [0.15, 0.2) is 0 Å². The fraction of sp³-hybridized carbons (Fsp3) is 1.00. The van der Waals surface area contributed by atoms with Crippen LogP contribution in [0.25, 0.3) is 0 Å². The lowest BCUT2D eigenvalue weighted by Gasteiger charge is -2.51. The van der Waals surface area contributed by atoms with E-state index in [1.807, 2.05) is 0 Å². The summed E-state index contributed by atoms with van der Waals surface area (Å²) in [5, 5.41) is 2.35. The Kier molecular flexibility index (Phi) is 21.4. The Morgan fingerprint density at radius 3 is 1.29 bits per heavy atom. The third kappa shape index (κ3) is 17.6. The molecule has 1 unspecified atom stereocenters. The summed E-state index contributed by atoms with van der Waals surface area (Å²) in [4.78, 5) is 6.46. The van der Waals surface area contributed by atoms with Gasteiger partial charge in [-0.2, -0.15) is 5.06 Å². The molecule has 0 aromatic carbocycles. The monoisotopic (exact) mass is 536 g/mol. The van der Waals surface area contributed by atoms with Crippen molar-refractivity contribution in [2.24, 2.45) is 5.92 Å². The first-order valence-corrected chi connectivity index (χ1v) is 17.8. The zero-order chi connectivity index (χ0) is 28.0. The Labute approximate surface area is 241 Å². The molecule has 1 aliphatic rings. The molecule has 1 aliphatic heterocycles. The van der Waals surface area contributed by atoms with E-state index in [-0.39, 0.29) is 11.1 Å². The van der Waals surface area contributed by atoms with Gasteiger partial charge < -0.3 is 0 Å². The van der Waals surface area contributed by atoms with Gasteiger partial charge in [0.05, 0.1) is 6.61 Å². The van der Waals surface area contributed by atoms with Crippen molar-refractivity contribution in [2.45, 2.75) is 220 Å². The number of hydrogen-bond acceptors (Lipinski definition) is 2. The van der Waals surface area contributed by atoms with Gasteiger partial charge in [-0.05, 0) is 65.7 Å². The van der Waals surface area contributed by atoms with Crippen molar-refractivity contribution in [3.05, 3.63) is 0 Å². The normalized spacial score (nSPS) is 18.2. The molecule has 2 nitrogen and oxygen atoms in total. The maximum Gasteiger partial charge on any atom is 0.0685 e. The number of unbranched alkanes of at least 4 members (excludes halogenated alkanes) is 17. The highest BCUT2D eigenvalue weighted by Gasteiger charge is 2.42. The van der Waals surface area contributed by atoms with E-state index in [0.29, 0.717) is 0 Å². The van der Waals surface area contributed by atoms with Crippen molar-refractivity contribution in [2.75, 3.05) is 6.61 Å². The minimum atomic E-state index is 0.163. The SMILES string of the molecule is CCCCCCCCCCCCCCCCCCC(CCCCC)CCCON1C(C)(C)CCCC1(C)C. The van der Waals surface area contributed by atoms with E-state index in [2.05, 4.69) is 46.6 Å². The smallest absolute Gasteiger partial charge is 0.0685 e. The minimum Gasteiger partial charge on any atom is -0.298 e. The molecular formula is C36H73NO. The lowest BCUT2D eigenvalue weighted by Crippen LogP contribution is -2.58. The van der Waals surface area contributed by atoms with Crippen LogP contribution in [0.4, 0.5) is 0 Å². The van der Waals surface area contributed by atoms with Gasteiger partial charge in [0.25, 0.3) is 0 Å². The van der Waals surface area contributed by atoms with Crippen molar-refractivity contribution < 1.29 is 4.84 Å². The molecule has 1 heterocycles. The van der Waals surface area contributed by atoms with Gasteiger partial charge in [0.1, 0.15) is 0 Å². The summed E-state index contributed by atoms with van der Waals surface area (Å²) >= 11 is 0. The Bertz CT molecular complexity index is 497. The number of hydroxylamine groups is 2. The van der Waals surface area contributed by atoms with Gasteiger partial charge in [-0.3, -0.25) is 4.84 Å². The summed E-state index contributed by atoms with van der Waals surface area (Å²) in [7, 11) is 0. The zero-order valence-corrected chi connectivity index (χ0v) is 27.5. The second kappa shape index (κ2) is 22.6. The molecule has 0 bridgehead atoms. The van der Waals surface area contributed by atoms with Crippen LogP contribution in [0.2, 0.25) is 0 Å². The Hall–Kier alpha value is -0.0800. The number of hydrogen-bond donors (Lipinski definition) is 0. The molecule has 2 heteroatoms. The van der Waals surface area contributed by atoms with Gasteiger partial charge in [0.2, 0.25) is 0 Å². The third-order valence-electron chi connectivity index (χ3n) is 9.34. The van der Waals surface area contributed by atoms with Crippen LogP contribution in [0, 0.1) is 5.92 Å². The first-order chi connectivity index (χ1) is 18.3. The third-order valence-corrected chi connectivity index (χ3v) is 9.34. The predicted molar refractivity (Wildman–Crippen MR) is 171 cm³/mol. The van der Waals surface area contributed by atoms with E-state index in [1.54, 1.807) is 0 Å². The molecule has 0 radical (unpaired) electrons. The first kappa shape index (κ1) is 35.9. The van der Waals surface area contributed by atoms with E-state index in [0.717, 1.165) is 12.5 Å². The first-order valence-electron chi connectivity index (χ1n) is 17.8. The summed E-state index contributed by atoms with van der Waals surface area (Å²) < 4.78 is 0. The van der Waals surface area contributed by atoms with Crippen LogP contribution in [0.15, 0.2) is 0 Å². The van der Waals surface area contributed by atoms with Gasteiger partial charge in [-0.15, -0.1) is 0 Å². The van der Waals surface area contributed by atoms with Crippen molar-refractivity contribution >= 4 is 0 Å². The number of rotatable bonds is 26. The van der Waals surface area contributed by atoms with Crippen LogP contribution in [0.5, 0.6) is 0 Å². The fourth-order valence-electron chi connectivity index (χ4n) is 6.95. The highest BCUT2D eigenvalue weighted by atomic mass is 16.7.